The average molecular weight is 461 g/mol. The fourth-order valence-electron chi connectivity index (χ4n) is 3.77. The van der Waals surface area contributed by atoms with Gasteiger partial charge in [0.15, 0.2) is 11.6 Å². The van der Waals surface area contributed by atoms with E-state index in [1.807, 2.05) is 90.1 Å². The Morgan fingerprint density at radius 2 is 1.38 bits per heavy atom. The molecule has 180 valence electrons. The van der Waals surface area contributed by atoms with E-state index in [2.05, 4.69) is 0 Å². The van der Waals surface area contributed by atoms with Gasteiger partial charge in [0.1, 0.15) is 17.1 Å². The van der Waals surface area contributed by atoms with E-state index in [4.69, 9.17) is 0 Å². The Balaban J connectivity index is 2.72. The van der Waals surface area contributed by atoms with Gasteiger partial charge in [-0.2, -0.15) is 0 Å². The van der Waals surface area contributed by atoms with Crippen LogP contribution in [0.2, 0.25) is 0 Å². The smallest absolute Gasteiger partial charge is 0.193 e. The monoisotopic (exact) mass is 460 g/mol. The van der Waals surface area contributed by atoms with Gasteiger partial charge in [0, 0.05) is 5.57 Å². The van der Waals surface area contributed by atoms with Crippen LogP contribution in [0.3, 0.4) is 0 Å². The number of rotatable bonds is 9. The third-order valence-corrected chi connectivity index (χ3v) is 5.83. The van der Waals surface area contributed by atoms with E-state index in [1.165, 1.54) is 6.08 Å². The van der Waals surface area contributed by atoms with Crippen LogP contribution >= 0.6 is 0 Å². The molecule has 0 fully saturated rings. The Labute approximate surface area is 203 Å². The van der Waals surface area contributed by atoms with Crippen LogP contribution in [-0.4, -0.2) is 21.8 Å². The molecule has 1 aromatic rings. The summed E-state index contributed by atoms with van der Waals surface area (Å²) in [6, 6.07) is 9.28. The van der Waals surface area contributed by atoms with Gasteiger partial charge in [-0.1, -0.05) is 71.4 Å². The third kappa shape index (κ3) is 6.34. The molecule has 2 N–H and O–H groups in total. The van der Waals surface area contributed by atoms with E-state index in [-0.39, 0.29) is 36.2 Å². The molecule has 0 saturated heterocycles. The quantitative estimate of drug-likeness (QED) is 0.227. The summed E-state index contributed by atoms with van der Waals surface area (Å²) >= 11 is 0. The maximum atomic E-state index is 13.9. The molecule has 0 bridgehead atoms. The molecule has 0 aromatic heterocycles. The number of aliphatic hydroxyl groups excluding tert-OH is 2. The lowest BCUT2D eigenvalue weighted by molar-refractivity contribution is -0.127. The molecule has 0 spiro atoms. The largest absolute Gasteiger partial charge is 0.511 e. The van der Waals surface area contributed by atoms with Crippen molar-refractivity contribution < 1.29 is 19.8 Å². The molecule has 1 aliphatic carbocycles. The fourth-order valence-corrected chi connectivity index (χ4v) is 3.77. The van der Waals surface area contributed by atoms with E-state index in [1.54, 1.807) is 6.08 Å². The Hall–Kier alpha value is -3.40. The van der Waals surface area contributed by atoms with Gasteiger partial charge >= 0.3 is 0 Å². The van der Waals surface area contributed by atoms with Crippen LogP contribution in [0.25, 0.3) is 6.08 Å². The summed E-state index contributed by atoms with van der Waals surface area (Å²) in [5.74, 6) is -1.73. The highest BCUT2D eigenvalue weighted by atomic mass is 16.3. The van der Waals surface area contributed by atoms with Crippen LogP contribution in [0.5, 0.6) is 0 Å². The highest BCUT2D eigenvalue weighted by molar-refractivity contribution is 6.28. The number of carbonyl (C=O) groups excluding carboxylic acids is 2. The van der Waals surface area contributed by atoms with Crippen LogP contribution in [0.1, 0.15) is 66.4 Å². The van der Waals surface area contributed by atoms with E-state index < -0.39 is 22.7 Å². The Morgan fingerprint density at radius 1 is 0.853 bits per heavy atom. The first-order chi connectivity index (χ1) is 16.0. The number of allylic oxidation sites excluding steroid dienone is 10. The molecule has 34 heavy (non-hydrogen) atoms. The maximum Gasteiger partial charge on any atom is 0.193 e. The van der Waals surface area contributed by atoms with Crippen molar-refractivity contribution in [2.75, 3.05) is 0 Å². The van der Waals surface area contributed by atoms with E-state index in [9.17, 15) is 19.8 Å². The molecule has 1 aliphatic rings. The van der Waals surface area contributed by atoms with Crippen molar-refractivity contribution in [3.8, 4) is 0 Å². The van der Waals surface area contributed by atoms with Crippen molar-refractivity contribution in [2.24, 2.45) is 5.41 Å². The standard InChI is InChI=1S/C30H36O4/c1-20(2)12-14-24-27(32)26(25(31)15-13-23-10-8-7-9-11-23)29(34)30(28(24)33,18-16-21(3)4)19-17-22(5)6/h7-13,15-17,32-33H,14,18-19H2,1-6H3. The minimum Gasteiger partial charge on any atom is -0.511 e. The Morgan fingerprint density at radius 3 is 1.88 bits per heavy atom. The van der Waals surface area contributed by atoms with E-state index >= 15 is 0 Å². The van der Waals surface area contributed by atoms with Gasteiger partial charge in [-0.3, -0.25) is 9.59 Å². The second-order valence-corrected chi connectivity index (χ2v) is 9.53. The summed E-state index contributed by atoms with van der Waals surface area (Å²) in [5, 5.41) is 22.5. The molecule has 4 heteroatoms. The molecular formula is C30H36O4. The summed E-state index contributed by atoms with van der Waals surface area (Å²) in [6.45, 7) is 11.5. The first-order valence-corrected chi connectivity index (χ1v) is 11.6. The van der Waals surface area contributed by atoms with Crippen molar-refractivity contribution in [1.29, 1.82) is 0 Å². The molecular weight excluding hydrogens is 424 g/mol. The van der Waals surface area contributed by atoms with Crippen molar-refractivity contribution >= 4 is 17.6 Å². The van der Waals surface area contributed by atoms with Crippen LogP contribution in [0.15, 0.2) is 94.0 Å². The molecule has 0 atom stereocenters. The zero-order chi connectivity index (χ0) is 25.5. The Bertz CT molecular complexity index is 1090. The van der Waals surface area contributed by atoms with Gasteiger partial charge in [-0.15, -0.1) is 0 Å². The van der Waals surface area contributed by atoms with Crippen LogP contribution in [0.4, 0.5) is 0 Å². The normalized spacial score (nSPS) is 15.4. The lowest BCUT2D eigenvalue weighted by Gasteiger charge is -2.36. The van der Waals surface area contributed by atoms with Crippen LogP contribution < -0.4 is 0 Å². The van der Waals surface area contributed by atoms with Gasteiger partial charge in [0.2, 0.25) is 0 Å². The van der Waals surface area contributed by atoms with Crippen molar-refractivity contribution in [3.05, 3.63) is 99.6 Å². The second-order valence-electron chi connectivity index (χ2n) is 9.53. The van der Waals surface area contributed by atoms with Crippen LogP contribution in [-0.2, 0) is 9.59 Å². The highest BCUT2D eigenvalue weighted by Crippen LogP contribution is 2.46. The number of Topliss-reactive ketones (excluding diaryl/α,β-unsaturated/α-hetero) is 1. The molecule has 4 nitrogen and oxygen atoms in total. The zero-order valence-electron chi connectivity index (χ0n) is 21.1. The first-order valence-electron chi connectivity index (χ1n) is 11.6. The lowest BCUT2D eigenvalue weighted by atomic mass is 9.66. The molecule has 0 radical (unpaired) electrons. The fraction of sp³-hybridized carbons (Fsp3) is 0.333. The molecule has 1 aromatic carbocycles. The third-order valence-electron chi connectivity index (χ3n) is 5.83. The number of hydrogen-bond donors (Lipinski definition) is 2. The molecule has 0 amide bonds. The summed E-state index contributed by atoms with van der Waals surface area (Å²) in [7, 11) is 0. The van der Waals surface area contributed by atoms with Crippen molar-refractivity contribution in [2.45, 2.75) is 60.8 Å². The lowest BCUT2D eigenvalue weighted by Crippen LogP contribution is -2.40. The first kappa shape index (κ1) is 26.8. The van der Waals surface area contributed by atoms with Gasteiger partial charge in [-0.05, 0) is 72.4 Å². The SMILES string of the molecule is CC(C)=CCC1=C(O)C(CC=C(C)C)(CC=C(C)C)C(=O)C(C(=O)C=Cc2ccccc2)=C1O. The average Bonchev–Trinajstić information content (AvgIpc) is 2.77. The van der Waals surface area contributed by atoms with Gasteiger partial charge < -0.3 is 10.2 Å². The summed E-state index contributed by atoms with van der Waals surface area (Å²) in [5.41, 5.74) is 2.41. The number of carbonyl (C=O) groups is 2. The number of benzene rings is 1. The predicted molar refractivity (Wildman–Crippen MR) is 139 cm³/mol. The van der Waals surface area contributed by atoms with E-state index in [0.29, 0.717) is 0 Å². The topological polar surface area (TPSA) is 74.6 Å². The van der Waals surface area contributed by atoms with Gasteiger partial charge in [0.25, 0.3) is 0 Å². The van der Waals surface area contributed by atoms with Crippen molar-refractivity contribution in [3.63, 3.8) is 0 Å². The summed E-state index contributed by atoms with van der Waals surface area (Å²) in [4.78, 5) is 27.2. The zero-order valence-corrected chi connectivity index (χ0v) is 21.1. The van der Waals surface area contributed by atoms with Crippen LogP contribution in [0, 0.1) is 5.41 Å². The summed E-state index contributed by atoms with van der Waals surface area (Å²) in [6.07, 6.45) is 9.28. The minimum atomic E-state index is -1.35. The number of ketones is 2. The maximum absolute atomic E-state index is 13.9. The van der Waals surface area contributed by atoms with Crippen molar-refractivity contribution in [1.82, 2.24) is 0 Å². The highest BCUT2D eigenvalue weighted by Gasteiger charge is 2.49. The van der Waals surface area contributed by atoms with Gasteiger partial charge in [-0.25, -0.2) is 0 Å². The molecule has 0 saturated carbocycles. The second kappa shape index (κ2) is 11.6. The molecule has 0 aliphatic heterocycles. The van der Waals surface area contributed by atoms with Gasteiger partial charge in [0.05, 0.1) is 5.41 Å². The number of aliphatic hydroxyl groups is 2. The molecule has 0 unspecified atom stereocenters. The molecule has 0 heterocycles. The molecule has 2 rings (SSSR count). The Kier molecular flexibility index (Phi) is 9.19. The summed E-state index contributed by atoms with van der Waals surface area (Å²) < 4.78 is 0. The minimum absolute atomic E-state index is 0.161. The van der Waals surface area contributed by atoms with E-state index in [0.717, 1.165) is 22.3 Å². The number of hydrogen-bond acceptors (Lipinski definition) is 4. The predicted octanol–water partition coefficient (Wildman–Crippen LogP) is 7.53.